The molecule has 3 heterocycles. The summed E-state index contributed by atoms with van der Waals surface area (Å²) in [6.07, 6.45) is 3.05. The number of aliphatic hydroxyl groups is 5. The minimum absolute atomic E-state index is 0.107. The van der Waals surface area contributed by atoms with Crippen LogP contribution in [-0.2, 0) is 33.3 Å². The second-order valence-electron chi connectivity index (χ2n) is 26.0. The van der Waals surface area contributed by atoms with Gasteiger partial charge in [-0.05, 0) is 86.7 Å². The maximum absolute atomic E-state index is 14.8. The Morgan fingerprint density at radius 3 is 1.74 bits per heavy atom. The Balaban J connectivity index is 1.16. The van der Waals surface area contributed by atoms with Gasteiger partial charge in [0.15, 0.2) is 6.29 Å². The van der Waals surface area contributed by atoms with E-state index in [9.17, 15) is 35.1 Å². The molecule has 0 aliphatic carbocycles. The minimum atomic E-state index is -2.25. The molecule has 82 heavy (non-hydrogen) atoms. The standard InChI is InChI=1S/C67H107N2O12P/c1-14-56-67(10,76)60(72)49(6)69(57(70)39-31-20-18-16-15-17-19-21-32-40-82(51-33-25-22-26-34-51,52-35-27-23-28-36-52)53-37-29-24-30-38-53)44-45(2)42-65(8,75)62(81-64-59(71)54(68(11)12)41-46(3)78-64)47(4)58(48(5)63(74)80-56)55-43-66(9,77-13)61(73)50(7)79-55/h22-30,33-38,45-50,54-56,58-62,64,71-73,75-76,82H,14-21,31-32,39-44H2,1-13H3/t45-,46-,47+,48-,49-,50+,54+,55?,56-,58+,59-,60-,61+,62-,64+,65-,66-,67-/m1/s1. The second-order valence-corrected chi connectivity index (χ2v) is 30.1. The number of methoxy groups -OCH3 is 1. The van der Waals surface area contributed by atoms with Gasteiger partial charge in [0.2, 0.25) is 0 Å². The Morgan fingerprint density at radius 2 is 1.24 bits per heavy atom. The number of unbranched alkanes of at least 4 members (excludes halogenated alkanes) is 8. The first-order chi connectivity index (χ1) is 38.8. The zero-order valence-corrected chi connectivity index (χ0v) is 53.1. The molecular formula is C67H107N2O12P. The molecule has 462 valence electrons. The van der Waals surface area contributed by atoms with E-state index in [-0.39, 0.29) is 56.2 Å². The van der Waals surface area contributed by atoms with Crippen molar-refractivity contribution in [3.8, 4) is 0 Å². The summed E-state index contributed by atoms with van der Waals surface area (Å²) >= 11 is 0. The average molecular weight is 1160 g/mol. The number of esters is 1. The number of amides is 1. The quantitative estimate of drug-likeness (QED) is 0.0388. The fourth-order valence-corrected chi connectivity index (χ4v) is 19.5. The third-order valence-electron chi connectivity index (χ3n) is 19.3. The maximum atomic E-state index is 14.8. The summed E-state index contributed by atoms with van der Waals surface area (Å²) < 4.78 is 32.2. The van der Waals surface area contributed by atoms with Gasteiger partial charge in [-0.2, -0.15) is 0 Å². The molecule has 0 saturated carbocycles. The Bertz CT molecular complexity index is 2290. The van der Waals surface area contributed by atoms with Gasteiger partial charge < -0.3 is 59.0 Å². The van der Waals surface area contributed by atoms with Gasteiger partial charge in [-0.3, -0.25) is 9.59 Å². The van der Waals surface area contributed by atoms with Crippen molar-refractivity contribution < 1.29 is 58.8 Å². The number of likely N-dealkylation sites (N-methyl/N-ethyl adjacent to an activating group) is 1. The van der Waals surface area contributed by atoms with E-state index < -0.39 is 103 Å². The third kappa shape index (κ3) is 16.2. The molecule has 3 aromatic rings. The van der Waals surface area contributed by atoms with E-state index in [0.717, 1.165) is 44.7 Å². The van der Waals surface area contributed by atoms with Crippen LogP contribution in [0.1, 0.15) is 159 Å². The van der Waals surface area contributed by atoms with E-state index >= 15 is 0 Å². The van der Waals surface area contributed by atoms with Gasteiger partial charge in [-0.25, -0.2) is 0 Å². The Kier molecular flexibility index (Phi) is 25.0. The molecule has 15 heteroatoms. The van der Waals surface area contributed by atoms with Crippen LogP contribution >= 0.6 is 7.26 Å². The summed E-state index contributed by atoms with van der Waals surface area (Å²) in [5.74, 6) is -3.62. The summed E-state index contributed by atoms with van der Waals surface area (Å²) in [5.41, 5.74) is -4.72. The van der Waals surface area contributed by atoms with Crippen molar-refractivity contribution >= 4 is 35.1 Å². The molecule has 0 bridgehead atoms. The number of ether oxygens (including phenoxy) is 5. The van der Waals surface area contributed by atoms with Crippen LogP contribution in [-0.4, -0.2) is 165 Å². The van der Waals surface area contributed by atoms with Gasteiger partial charge in [-0.15, -0.1) is 0 Å². The zero-order chi connectivity index (χ0) is 60.2. The van der Waals surface area contributed by atoms with E-state index in [4.69, 9.17) is 23.7 Å². The van der Waals surface area contributed by atoms with E-state index in [1.165, 1.54) is 42.8 Å². The first kappa shape index (κ1) is 67.8. The number of hydrogen-bond acceptors (Lipinski definition) is 13. The predicted octanol–water partition coefficient (Wildman–Crippen LogP) is 8.70. The first-order valence-electron chi connectivity index (χ1n) is 31.2. The van der Waals surface area contributed by atoms with Gasteiger partial charge in [0, 0.05) is 32.0 Å². The van der Waals surface area contributed by atoms with Crippen LogP contribution in [0.25, 0.3) is 0 Å². The van der Waals surface area contributed by atoms with E-state index in [1.807, 2.05) is 46.7 Å². The van der Waals surface area contributed by atoms with Gasteiger partial charge in [0.05, 0.1) is 47.6 Å². The molecular weight excluding hydrogens is 1060 g/mol. The summed E-state index contributed by atoms with van der Waals surface area (Å²) in [6.45, 7) is 17.9. The van der Waals surface area contributed by atoms with E-state index in [0.29, 0.717) is 12.8 Å². The summed E-state index contributed by atoms with van der Waals surface area (Å²) in [7, 11) is 3.08. The minimum Gasteiger partial charge on any atom is -0.388 e. The fraction of sp³-hybridized carbons (Fsp3) is 0.701. The maximum Gasteiger partial charge on any atom is 0.126 e. The van der Waals surface area contributed by atoms with E-state index in [2.05, 4.69) is 91.0 Å². The summed E-state index contributed by atoms with van der Waals surface area (Å²) in [5, 5.41) is 65.3. The molecule has 0 spiro atoms. The normalized spacial score (nSPS) is 35.8. The second kappa shape index (κ2) is 30.3. The topological polar surface area (TPSA) is 188 Å². The van der Waals surface area contributed by atoms with Gasteiger partial charge >= 0.3 is 196 Å². The Labute approximate surface area is 493 Å². The number of carbonyl (C=O) groups excluding carboxylic acids is 2. The SMILES string of the molecule is CC[C@H]1OC(=O)[C@H](C)[C@@H](C2C[C@@](C)(OC)[C@@H](O)[C@H](C)O2)[C@H](C)[C@@H](O[C@@H]2O[C@H](C)C[C@H](N(C)C)[C@H]2O)[C@](C)(O)C[C@@H](C)CN(C(=O)CCCCCCCCCCC[PH](c2ccccc2)(c2ccccc2)c2ccccc2)[C@H](C)[C@@H](O)[C@]1(C)O. The number of benzene rings is 3. The smallest absolute Gasteiger partial charge is 0.126 e. The number of carbonyl (C=O) groups is 2. The van der Waals surface area contributed by atoms with Crippen molar-refractivity contribution in [2.24, 2.45) is 23.7 Å². The molecule has 0 aromatic heterocycles. The number of cyclic esters (lactones) is 1. The number of nitrogens with zero attached hydrogens (tertiary/aromatic N) is 2. The molecule has 3 saturated heterocycles. The average Bonchev–Trinajstić information content (AvgIpc) is 2.38. The van der Waals surface area contributed by atoms with E-state index in [1.54, 1.807) is 39.5 Å². The molecule has 3 aromatic carbocycles. The molecule has 18 atom stereocenters. The summed E-state index contributed by atoms with van der Waals surface area (Å²) in [6, 6.07) is 32.1. The van der Waals surface area contributed by atoms with Crippen LogP contribution in [0.2, 0.25) is 0 Å². The molecule has 3 aliphatic rings. The van der Waals surface area contributed by atoms with Crippen LogP contribution in [0.5, 0.6) is 0 Å². The Morgan fingerprint density at radius 1 is 0.732 bits per heavy atom. The molecule has 14 nitrogen and oxygen atoms in total. The first-order valence-corrected chi connectivity index (χ1v) is 33.4. The molecule has 5 N–H and O–H groups in total. The van der Waals surface area contributed by atoms with Crippen molar-refractivity contribution in [2.45, 2.75) is 243 Å². The van der Waals surface area contributed by atoms with Crippen LogP contribution in [0.3, 0.4) is 0 Å². The largest absolute Gasteiger partial charge is 0.388 e. The fourth-order valence-electron chi connectivity index (χ4n) is 14.5. The molecule has 0 radical (unpaired) electrons. The Hall–Kier alpha value is -3.37. The molecule has 3 aliphatic heterocycles. The molecule has 1 unspecified atom stereocenters. The van der Waals surface area contributed by atoms with Crippen molar-refractivity contribution in [3.63, 3.8) is 0 Å². The summed E-state index contributed by atoms with van der Waals surface area (Å²) in [4.78, 5) is 33.0. The van der Waals surface area contributed by atoms with Crippen molar-refractivity contribution in [1.82, 2.24) is 9.80 Å². The number of aliphatic hydroxyl groups excluding tert-OH is 3. The van der Waals surface area contributed by atoms with Crippen LogP contribution < -0.4 is 15.9 Å². The van der Waals surface area contributed by atoms with Crippen molar-refractivity contribution in [3.05, 3.63) is 91.0 Å². The van der Waals surface area contributed by atoms with Gasteiger partial charge in [-0.1, -0.05) is 27.7 Å². The van der Waals surface area contributed by atoms with Gasteiger partial charge in [0.25, 0.3) is 0 Å². The molecule has 1 amide bonds. The molecule has 3 fully saturated rings. The zero-order valence-electron chi connectivity index (χ0n) is 52.1. The monoisotopic (exact) mass is 1160 g/mol. The third-order valence-corrected chi connectivity index (χ3v) is 24.4. The van der Waals surface area contributed by atoms with Gasteiger partial charge in [0.1, 0.15) is 30.0 Å². The van der Waals surface area contributed by atoms with Crippen molar-refractivity contribution in [1.29, 1.82) is 0 Å². The van der Waals surface area contributed by atoms with Crippen molar-refractivity contribution in [2.75, 3.05) is 33.9 Å². The predicted molar refractivity (Wildman–Crippen MR) is 329 cm³/mol. The molecule has 6 rings (SSSR count). The number of rotatable bonds is 21. The number of hydrogen-bond donors (Lipinski definition) is 5. The van der Waals surface area contributed by atoms with Crippen LogP contribution in [0, 0.1) is 23.7 Å². The van der Waals surface area contributed by atoms with Crippen LogP contribution in [0.4, 0.5) is 0 Å². The van der Waals surface area contributed by atoms with Crippen LogP contribution in [0.15, 0.2) is 91.0 Å².